The first-order valence-electron chi connectivity index (χ1n) is 4.97. The second-order valence-corrected chi connectivity index (χ2v) is 3.58. The molecule has 1 nitrogen and oxygen atoms in total. The summed E-state index contributed by atoms with van der Waals surface area (Å²) in [6.07, 6.45) is 6.92. The van der Waals surface area contributed by atoms with Gasteiger partial charge in [0, 0.05) is 0 Å². The van der Waals surface area contributed by atoms with Gasteiger partial charge < -0.3 is 5.73 Å². The zero-order valence-corrected chi connectivity index (χ0v) is 8.32. The van der Waals surface area contributed by atoms with Crippen LogP contribution in [0, 0.1) is 5.41 Å². The molecule has 1 heteroatoms. The van der Waals surface area contributed by atoms with Gasteiger partial charge in [-0.15, -0.1) is 0 Å². The van der Waals surface area contributed by atoms with Crippen molar-refractivity contribution < 1.29 is 0 Å². The van der Waals surface area contributed by atoms with Crippen LogP contribution in [-0.4, -0.2) is 6.54 Å². The summed E-state index contributed by atoms with van der Waals surface area (Å²) in [7, 11) is 0. The van der Waals surface area contributed by atoms with E-state index in [9.17, 15) is 0 Å². The van der Waals surface area contributed by atoms with Crippen LogP contribution in [0.5, 0.6) is 0 Å². The Morgan fingerprint density at radius 2 is 1.55 bits per heavy atom. The highest BCUT2D eigenvalue weighted by Gasteiger charge is 2.24. The zero-order valence-electron chi connectivity index (χ0n) is 8.32. The van der Waals surface area contributed by atoms with Crippen molar-refractivity contribution >= 4 is 0 Å². The Labute approximate surface area is 71.4 Å². The Morgan fingerprint density at radius 1 is 1.09 bits per heavy atom. The molecule has 2 N–H and O–H groups in total. The molecular weight excluding hydrogens is 134 g/mol. The highest BCUT2D eigenvalue weighted by Crippen LogP contribution is 2.34. The van der Waals surface area contributed by atoms with Gasteiger partial charge in [0.1, 0.15) is 0 Å². The van der Waals surface area contributed by atoms with E-state index >= 15 is 0 Å². The van der Waals surface area contributed by atoms with Gasteiger partial charge in [-0.1, -0.05) is 40.0 Å². The minimum absolute atomic E-state index is 0.498. The fraction of sp³-hybridized carbons (Fsp3) is 1.00. The van der Waals surface area contributed by atoms with Gasteiger partial charge in [-0.2, -0.15) is 0 Å². The highest BCUT2D eigenvalue weighted by atomic mass is 14.6. The Balaban J connectivity index is 0.000000461. The van der Waals surface area contributed by atoms with Gasteiger partial charge in [-0.25, -0.2) is 0 Å². The van der Waals surface area contributed by atoms with Crippen LogP contribution in [0.2, 0.25) is 0 Å². The molecule has 0 aromatic rings. The first kappa shape index (κ1) is 11.0. The minimum Gasteiger partial charge on any atom is -0.330 e. The van der Waals surface area contributed by atoms with Crippen LogP contribution in [0.3, 0.4) is 0 Å². The fourth-order valence-corrected chi connectivity index (χ4v) is 1.61. The summed E-state index contributed by atoms with van der Waals surface area (Å²) >= 11 is 0. The summed E-state index contributed by atoms with van der Waals surface area (Å²) in [5.41, 5.74) is 6.14. The van der Waals surface area contributed by atoms with Crippen molar-refractivity contribution in [3.8, 4) is 0 Å². The lowest BCUT2D eigenvalue weighted by Gasteiger charge is -2.31. The third-order valence-electron chi connectivity index (χ3n) is 2.55. The summed E-state index contributed by atoms with van der Waals surface area (Å²) in [5, 5.41) is 0. The van der Waals surface area contributed by atoms with Crippen molar-refractivity contribution in [1.29, 1.82) is 0 Å². The largest absolute Gasteiger partial charge is 0.330 e. The van der Waals surface area contributed by atoms with Gasteiger partial charge in [0.25, 0.3) is 0 Å². The smallest absolute Gasteiger partial charge is 0.00232 e. The van der Waals surface area contributed by atoms with E-state index in [-0.39, 0.29) is 0 Å². The molecule has 0 saturated heterocycles. The molecule has 68 valence electrons. The Morgan fingerprint density at radius 3 is 1.82 bits per heavy atom. The predicted molar refractivity (Wildman–Crippen MR) is 51.6 cm³/mol. The van der Waals surface area contributed by atoms with Crippen LogP contribution in [-0.2, 0) is 0 Å². The Kier molecular flexibility index (Phi) is 5.57. The van der Waals surface area contributed by atoms with E-state index in [0.29, 0.717) is 5.41 Å². The second-order valence-electron chi connectivity index (χ2n) is 3.58. The molecule has 0 radical (unpaired) electrons. The van der Waals surface area contributed by atoms with Crippen molar-refractivity contribution in [3.63, 3.8) is 0 Å². The molecule has 0 aliphatic heterocycles. The average molecular weight is 157 g/mol. The monoisotopic (exact) mass is 157 g/mol. The number of nitrogens with two attached hydrogens (primary N) is 1. The lowest BCUT2D eigenvalue weighted by molar-refractivity contribution is 0.226. The topological polar surface area (TPSA) is 26.0 Å². The molecule has 1 aliphatic carbocycles. The maximum absolute atomic E-state index is 5.64. The zero-order chi connectivity index (χ0) is 8.74. The quantitative estimate of drug-likeness (QED) is 0.622. The molecule has 0 heterocycles. The van der Waals surface area contributed by atoms with Crippen LogP contribution < -0.4 is 5.73 Å². The standard InChI is InChI=1S/C8H17N.C2H6/c1-8(7-9)5-3-2-4-6-8;1-2/h2-7,9H2,1H3;1-2H3. The Bertz CT molecular complexity index is 82.9. The maximum atomic E-state index is 5.64. The van der Waals surface area contributed by atoms with Gasteiger partial charge in [0.05, 0.1) is 0 Å². The van der Waals surface area contributed by atoms with Crippen molar-refractivity contribution in [2.24, 2.45) is 11.1 Å². The molecule has 0 bridgehead atoms. The van der Waals surface area contributed by atoms with Crippen LogP contribution in [0.1, 0.15) is 52.9 Å². The van der Waals surface area contributed by atoms with Gasteiger partial charge in [0.2, 0.25) is 0 Å². The number of hydrogen-bond acceptors (Lipinski definition) is 1. The van der Waals surface area contributed by atoms with E-state index in [2.05, 4.69) is 6.92 Å². The van der Waals surface area contributed by atoms with Crippen molar-refractivity contribution in [3.05, 3.63) is 0 Å². The van der Waals surface area contributed by atoms with E-state index < -0.39 is 0 Å². The van der Waals surface area contributed by atoms with Crippen LogP contribution >= 0.6 is 0 Å². The van der Waals surface area contributed by atoms with E-state index in [1.54, 1.807) is 0 Å². The third kappa shape index (κ3) is 3.76. The fourth-order valence-electron chi connectivity index (χ4n) is 1.61. The third-order valence-corrected chi connectivity index (χ3v) is 2.55. The maximum Gasteiger partial charge on any atom is -0.00232 e. The van der Waals surface area contributed by atoms with Crippen LogP contribution in [0.25, 0.3) is 0 Å². The van der Waals surface area contributed by atoms with Gasteiger partial charge in [-0.3, -0.25) is 0 Å². The van der Waals surface area contributed by atoms with Gasteiger partial charge in [0.15, 0.2) is 0 Å². The molecule has 0 amide bonds. The highest BCUT2D eigenvalue weighted by molar-refractivity contribution is 4.78. The molecule has 0 atom stereocenters. The first-order chi connectivity index (χ1) is 5.27. The molecule has 0 spiro atoms. The lowest BCUT2D eigenvalue weighted by Crippen LogP contribution is -2.29. The van der Waals surface area contributed by atoms with E-state index in [4.69, 9.17) is 5.73 Å². The molecule has 1 fully saturated rings. The molecule has 0 aromatic heterocycles. The van der Waals surface area contributed by atoms with Crippen molar-refractivity contribution in [1.82, 2.24) is 0 Å². The van der Waals surface area contributed by atoms with E-state index in [1.807, 2.05) is 13.8 Å². The van der Waals surface area contributed by atoms with Crippen LogP contribution in [0.4, 0.5) is 0 Å². The lowest BCUT2D eigenvalue weighted by atomic mass is 9.76. The summed E-state index contributed by atoms with van der Waals surface area (Å²) in [5.74, 6) is 0. The molecule has 1 aliphatic rings. The summed E-state index contributed by atoms with van der Waals surface area (Å²) in [6.45, 7) is 7.19. The molecule has 11 heavy (non-hydrogen) atoms. The molecule has 0 aromatic carbocycles. The Hall–Kier alpha value is -0.0400. The van der Waals surface area contributed by atoms with Crippen LogP contribution in [0.15, 0.2) is 0 Å². The molecule has 1 rings (SSSR count). The summed E-state index contributed by atoms with van der Waals surface area (Å²) in [4.78, 5) is 0. The normalized spacial score (nSPS) is 21.8. The molecule has 0 unspecified atom stereocenters. The second kappa shape index (κ2) is 5.59. The minimum atomic E-state index is 0.498. The van der Waals surface area contributed by atoms with Crippen molar-refractivity contribution in [2.45, 2.75) is 52.9 Å². The van der Waals surface area contributed by atoms with E-state index in [0.717, 1.165) is 6.54 Å². The van der Waals surface area contributed by atoms with E-state index in [1.165, 1.54) is 32.1 Å². The predicted octanol–water partition coefficient (Wildman–Crippen LogP) is 2.94. The summed E-state index contributed by atoms with van der Waals surface area (Å²) in [6, 6.07) is 0. The number of rotatable bonds is 1. The van der Waals surface area contributed by atoms with Gasteiger partial charge in [-0.05, 0) is 24.8 Å². The SMILES string of the molecule is CC.CC1(CN)CCCCC1. The average Bonchev–Trinajstić information content (AvgIpc) is 2.10. The van der Waals surface area contributed by atoms with Gasteiger partial charge >= 0.3 is 0 Å². The summed E-state index contributed by atoms with van der Waals surface area (Å²) < 4.78 is 0. The number of hydrogen-bond donors (Lipinski definition) is 1. The first-order valence-corrected chi connectivity index (χ1v) is 4.97. The molecule has 1 saturated carbocycles. The van der Waals surface area contributed by atoms with Crippen molar-refractivity contribution in [2.75, 3.05) is 6.54 Å². The molecular formula is C10H23N.